The number of sulfonamides is 1. The summed E-state index contributed by atoms with van der Waals surface area (Å²) in [7, 11) is -1.73. The van der Waals surface area contributed by atoms with Gasteiger partial charge in [0.1, 0.15) is 6.04 Å². The Balaban J connectivity index is 1.99. The number of carbonyl (C=O) groups excluding carboxylic acids is 1. The largest absolute Gasteiger partial charge is 0.337 e. The average molecular weight is 376 g/mol. The number of likely N-dealkylation sites (N-methyl/N-ethyl adjacent to an activating group) is 1. The predicted molar refractivity (Wildman–Crippen MR) is 98.7 cm³/mol. The Hall–Kier alpha value is -2.19. The van der Waals surface area contributed by atoms with E-state index in [1.54, 1.807) is 22.8 Å². The molecular formula is C18H24N4O3S. The van der Waals surface area contributed by atoms with Crippen LogP contribution in [0.1, 0.15) is 29.9 Å². The molecule has 3 rings (SSSR count). The van der Waals surface area contributed by atoms with Crippen molar-refractivity contribution in [3.63, 3.8) is 0 Å². The number of hydrogen-bond acceptors (Lipinski definition) is 4. The Labute approximate surface area is 154 Å². The van der Waals surface area contributed by atoms with E-state index in [9.17, 15) is 13.2 Å². The maximum atomic E-state index is 13.4. The Morgan fingerprint density at radius 1 is 1.31 bits per heavy atom. The first-order valence-electron chi connectivity index (χ1n) is 8.62. The first-order valence-corrected chi connectivity index (χ1v) is 10.5. The quantitative estimate of drug-likeness (QED) is 0.789. The average Bonchev–Trinajstić information content (AvgIpc) is 3.00. The molecule has 140 valence electrons. The summed E-state index contributed by atoms with van der Waals surface area (Å²) in [5.41, 5.74) is 2.47. The van der Waals surface area contributed by atoms with Crippen molar-refractivity contribution in [2.45, 2.75) is 25.9 Å². The highest BCUT2D eigenvalue weighted by molar-refractivity contribution is 7.88. The van der Waals surface area contributed by atoms with Gasteiger partial charge in [-0.25, -0.2) is 13.4 Å². The molecule has 2 aromatic rings. The van der Waals surface area contributed by atoms with Crippen LogP contribution in [0.3, 0.4) is 0 Å². The van der Waals surface area contributed by atoms with Crippen molar-refractivity contribution in [1.29, 1.82) is 0 Å². The smallest absolute Gasteiger partial charge is 0.247 e. The van der Waals surface area contributed by atoms with E-state index in [0.717, 1.165) is 17.5 Å². The third-order valence-electron chi connectivity index (χ3n) is 4.75. The Morgan fingerprint density at radius 3 is 2.62 bits per heavy atom. The van der Waals surface area contributed by atoms with E-state index in [2.05, 4.69) is 4.98 Å². The molecule has 1 aliphatic heterocycles. The van der Waals surface area contributed by atoms with Gasteiger partial charge in [-0.2, -0.15) is 4.31 Å². The SMILES string of the molecule is CCN(Cc1ccccc1)C(=O)C1c2c(ncn2C)CCN1S(C)(=O)=O. The summed E-state index contributed by atoms with van der Waals surface area (Å²) >= 11 is 0. The molecule has 0 fully saturated rings. The van der Waals surface area contributed by atoms with E-state index < -0.39 is 16.1 Å². The summed E-state index contributed by atoms with van der Waals surface area (Å²) in [6.07, 6.45) is 3.31. The standard InChI is InChI=1S/C18H24N4O3S/c1-4-21(12-14-8-6-5-7-9-14)18(23)17-16-15(19-13-20(16)2)10-11-22(17)26(3,24)25/h5-9,13,17H,4,10-12H2,1-3H3. The number of fused-ring (bicyclic) bond motifs is 1. The summed E-state index contributed by atoms with van der Waals surface area (Å²) in [4.78, 5) is 19.4. The minimum atomic E-state index is -3.53. The number of aromatic nitrogens is 2. The minimum Gasteiger partial charge on any atom is -0.337 e. The van der Waals surface area contributed by atoms with Crippen LogP contribution >= 0.6 is 0 Å². The zero-order valence-electron chi connectivity index (χ0n) is 15.3. The number of rotatable bonds is 5. The van der Waals surface area contributed by atoms with Gasteiger partial charge in [0.2, 0.25) is 15.9 Å². The molecule has 1 unspecified atom stereocenters. The highest BCUT2D eigenvalue weighted by Gasteiger charge is 2.42. The Morgan fingerprint density at radius 2 is 2.00 bits per heavy atom. The molecule has 1 atom stereocenters. The van der Waals surface area contributed by atoms with Gasteiger partial charge >= 0.3 is 0 Å². The molecule has 0 spiro atoms. The molecule has 0 aliphatic carbocycles. The van der Waals surface area contributed by atoms with Crippen LogP contribution in [0.25, 0.3) is 0 Å². The number of amides is 1. The second kappa shape index (κ2) is 7.20. The van der Waals surface area contributed by atoms with E-state index in [-0.39, 0.29) is 12.5 Å². The van der Waals surface area contributed by atoms with Gasteiger partial charge in [-0.1, -0.05) is 30.3 Å². The summed E-state index contributed by atoms with van der Waals surface area (Å²) in [5.74, 6) is -0.216. The lowest BCUT2D eigenvalue weighted by Crippen LogP contribution is -2.48. The molecule has 1 aromatic heterocycles. The van der Waals surface area contributed by atoms with Crippen LogP contribution in [0.15, 0.2) is 36.7 Å². The molecule has 0 radical (unpaired) electrons. The van der Waals surface area contributed by atoms with Crippen LogP contribution in [0.5, 0.6) is 0 Å². The minimum absolute atomic E-state index is 0.216. The van der Waals surface area contributed by atoms with Crippen LogP contribution < -0.4 is 0 Å². The number of benzene rings is 1. The van der Waals surface area contributed by atoms with E-state index in [0.29, 0.717) is 25.2 Å². The van der Waals surface area contributed by atoms with Crippen molar-refractivity contribution in [2.24, 2.45) is 7.05 Å². The zero-order valence-corrected chi connectivity index (χ0v) is 16.1. The van der Waals surface area contributed by atoms with Crippen LogP contribution in [0.4, 0.5) is 0 Å². The molecule has 0 saturated carbocycles. The number of carbonyl (C=O) groups is 1. The van der Waals surface area contributed by atoms with Gasteiger partial charge < -0.3 is 9.47 Å². The molecule has 1 amide bonds. The molecule has 7 nitrogen and oxygen atoms in total. The van der Waals surface area contributed by atoms with Gasteiger partial charge in [-0.05, 0) is 12.5 Å². The monoisotopic (exact) mass is 376 g/mol. The highest BCUT2D eigenvalue weighted by atomic mass is 32.2. The lowest BCUT2D eigenvalue weighted by molar-refractivity contribution is -0.136. The number of hydrogen-bond donors (Lipinski definition) is 0. The van der Waals surface area contributed by atoms with Crippen molar-refractivity contribution in [3.8, 4) is 0 Å². The van der Waals surface area contributed by atoms with Gasteiger partial charge in [-0.15, -0.1) is 0 Å². The fourth-order valence-electron chi connectivity index (χ4n) is 3.43. The zero-order chi connectivity index (χ0) is 18.9. The van der Waals surface area contributed by atoms with E-state index in [4.69, 9.17) is 0 Å². The molecule has 26 heavy (non-hydrogen) atoms. The van der Waals surface area contributed by atoms with Crippen molar-refractivity contribution < 1.29 is 13.2 Å². The first kappa shape index (κ1) is 18.6. The lowest BCUT2D eigenvalue weighted by atomic mass is 10.0. The molecule has 8 heteroatoms. The molecule has 1 aromatic carbocycles. The molecule has 0 saturated heterocycles. The first-order chi connectivity index (χ1) is 12.3. The van der Waals surface area contributed by atoms with Gasteiger partial charge in [0, 0.05) is 33.1 Å². The van der Waals surface area contributed by atoms with E-state index >= 15 is 0 Å². The van der Waals surface area contributed by atoms with Crippen molar-refractivity contribution in [2.75, 3.05) is 19.3 Å². The third-order valence-corrected chi connectivity index (χ3v) is 5.99. The Kier molecular flexibility index (Phi) is 5.15. The Bertz CT molecular complexity index is 892. The second-order valence-corrected chi connectivity index (χ2v) is 8.49. The fourth-order valence-corrected chi connectivity index (χ4v) is 4.43. The molecule has 2 heterocycles. The van der Waals surface area contributed by atoms with E-state index in [1.807, 2.05) is 37.3 Å². The van der Waals surface area contributed by atoms with Gasteiger partial charge in [0.05, 0.1) is 24.0 Å². The summed E-state index contributed by atoms with van der Waals surface area (Å²) in [6.45, 7) is 3.10. The number of nitrogens with zero attached hydrogens (tertiary/aromatic N) is 4. The molecule has 1 aliphatic rings. The summed E-state index contributed by atoms with van der Waals surface area (Å²) in [5, 5.41) is 0. The van der Waals surface area contributed by atoms with Crippen molar-refractivity contribution in [1.82, 2.24) is 18.8 Å². The predicted octanol–water partition coefficient (Wildman–Crippen LogP) is 1.33. The maximum Gasteiger partial charge on any atom is 0.247 e. The topological polar surface area (TPSA) is 75.5 Å². The number of imidazole rings is 1. The highest BCUT2D eigenvalue weighted by Crippen LogP contribution is 2.32. The van der Waals surface area contributed by atoms with Gasteiger partial charge in [0.25, 0.3) is 0 Å². The molecule has 0 bridgehead atoms. The second-order valence-electron chi connectivity index (χ2n) is 6.55. The van der Waals surface area contributed by atoms with Crippen molar-refractivity contribution >= 4 is 15.9 Å². The van der Waals surface area contributed by atoms with Crippen LogP contribution in [-0.4, -0.2) is 52.4 Å². The lowest BCUT2D eigenvalue weighted by Gasteiger charge is -2.36. The number of aryl methyl sites for hydroxylation is 1. The molecule has 0 N–H and O–H groups in total. The van der Waals surface area contributed by atoms with Gasteiger partial charge in [0.15, 0.2) is 0 Å². The van der Waals surface area contributed by atoms with Crippen LogP contribution in [-0.2, 0) is 34.8 Å². The van der Waals surface area contributed by atoms with Crippen LogP contribution in [0, 0.1) is 0 Å². The van der Waals surface area contributed by atoms with Gasteiger partial charge in [-0.3, -0.25) is 4.79 Å². The van der Waals surface area contributed by atoms with Crippen LogP contribution in [0.2, 0.25) is 0 Å². The normalized spacial score (nSPS) is 17.7. The summed E-state index contributed by atoms with van der Waals surface area (Å²) < 4.78 is 27.7. The van der Waals surface area contributed by atoms with E-state index in [1.165, 1.54) is 4.31 Å². The molecular weight excluding hydrogens is 352 g/mol. The third kappa shape index (κ3) is 3.52. The van der Waals surface area contributed by atoms with Crippen molar-refractivity contribution in [3.05, 3.63) is 53.6 Å². The summed E-state index contributed by atoms with van der Waals surface area (Å²) in [6, 6.07) is 8.83. The maximum absolute atomic E-state index is 13.4. The fraction of sp³-hybridized carbons (Fsp3) is 0.444.